The van der Waals surface area contributed by atoms with Crippen LogP contribution in [0.5, 0.6) is 0 Å². The number of amides is 1. The van der Waals surface area contributed by atoms with Gasteiger partial charge in [0.1, 0.15) is 0 Å². The molecule has 2 atom stereocenters. The molecule has 1 fully saturated rings. The summed E-state index contributed by atoms with van der Waals surface area (Å²) in [7, 11) is 0. The Kier molecular flexibility index (Phi) is 5.05. The Morgan fingerprint density at radius 3 is 2.93 bits per heavy atom. The molecule has 1 saturated heterocycles. The van der Waals surface area contributed by atoms with E-state index >= 15 is 0 Å². The third kappa shape index (κ3) is 3.18. The van der Waals surface area contributed by atoms with Crippen molar-refractivity contribution in [3.63, 3.8) is 0 Å². The Morgan fingerprint density at radius 1 is 1.60 bits per heavy atom. The van der Waals surface area contributed by atoms with Gasteiger partial charge < -0.3 is 11.1 Å². The average Bonchev–Trinajstić information content (AvgIpc) is 2.28. The molecule has 1 heterocycles. The zero-order chi connectivity index (χ0) is 11.3. The van der Waals surface area contributed by atoms with Crippen LogP contribution in [0.1, 0.15) is 33.1 Å². The monoisotopic (exact) mass is 213 g/mol. The average molecular weight is 213 g/mol. The molecule has 0 bridgehead atoms. The minimum Gasteiger partial charge on any atom is -0.355 e. The van der Waals surface area contributed by atoms with E-state index in [0.717, 1.165) is 13.0 Å². The van der Waals surface area contributed by atoms with Gasteiger partial charge in [0.2, 0.25) is 5.91 Å². The second kappa shape index (κ2) is 6.08. The molecular formula is C11H23N3O. The molecule has 15 heavy (non-hydrogen) atoms. The van der Waals surface area contributed by atoms with E-state index in [4.69, 9.17) is 5.73 Å². The van der Waals surface area contributed by atoms with Gasteiger partial charge in [-0.3, -0.25) is 9.69 Å². The highest BCUT2D eigenvalue weighted by Crippen LogP contribution is 2.18. The van der Waals surface area contributed by atoms with Gasteiger partial charge in [0.15, 0.2) is 0 Å². The largest absolute Gasteiger partial charge is 0.355 e. The number of carbonyl (C=O) groups excluding carboxylic acids is 1. The Morgan fingerprint density at radius 2 is 2.33 bits per heavy atom. The van der Waals surface area contributed by atoms with Crippen molar-refractivity contribution in [1.82, 2.24) is 10.2 Å². The molecule has 0 aliphatic carbocycles. The lowest BCUT2D eigenvalue weighted by Gasteiger charge is -2.38. The van der Waals surface area contributed by atoms with Crippen LogP contribution in [-0.2, 0) is 4.79 Å². The van der Waals surface area contributed by atoms with Crippen molar-refractivity contribution < 1.29 is 4.79 Å². The van der Waals surface area contributed by atoms with Gasteiger partial charge in [0.25, 0.3) is 0 Å². The molecule has 3 N–H and O–H groups in total. The van der Waals surface area contributed by atoms with Crippen molar-refractivity contribution in [2.75, 3.05) is 19.6 Å². The van der Waals surface area contributed by atoms with Crippen LogP contribution in [0.25, 0.3) is 0 Å². The van der Waals surface area contributed by atoms with Crippen molar-refractivity contribution in [1.29, 1.82) is 0 Å². The molecule has 0 spiro atoms. The number of hydrogen-bond donors (Lipinski definition) is 2. The first-order valence-electron chi connectivity index (χ1n) is 5.94. The molecular weight excluding hydrogens is 190 g/mol. The predicted molar refractivity (Wildman–Crippen MR) is 61.5 cm³/mol. The van der Waals surface area contributed by atoms with Crippen LogP contribution in [0.15, 0.2) is 0 Å². The molecule has 1 amide bonds. The first-order chi connectivity index (χ1) is 7.20. The maximum Gasteiger partial charge on any atom is 0.237 e. The van der Waals surface area contributed by atoms with Crippen LogP contribution < -0.4 is 11.1 Å². The standard InChI is InChI=1S/C11H23N3O/c1-3-13-11(15)9(2)14-7-5-4-6-10(14)8-12/h9-10H,3-8,12H2,1-2H3,(H,13,15). The maximum absolute atomic E-state index is 11.7. The Hall–Kier alpha value is -0.610. The summed E-state index contributed by atoms with van der Waals surface area (Å²) < 4.78 is 0. The van der Waals surface area contributed by atoms with E-state index in [0.29, 0.717) is 19.1 Å². The summed E-state index contributed by atoms with van der Waals surface area (Å²) in [6.45, 7) is 6.27. The molecule has 4 heteroatoms. The number of likely N-dealkylation sites (N-methyl/N-ethyl adjacent to an activating group) is 1. The Balaban J connectivity index is 2.54. The second-order valence-corrected chi connectivity index (χ2v) is 4.19. The van der Waals surface area contributed by atoms with Gasteiger partial charge in [-0.25, -0.2) is 0 Å². The molecule has 2 unspecified atom stereocenters. The van der Waals surface area contributed by atoms with Crippen molar-refractivity contribution in [3.05, 3.63) is 0 Å². The summed E-state index contributed by atoms with van der Waals surface area (Å²) in [5, 5.41) is 2.87. The molecule has 1 aliphatic heterocycles. The molecule has 1 rings (SSSR count). The van der Waals surface area contributed by atoms with Gasteiger partial charge >= 0.3 is 0 Å². The highest BCUT2D eigenvalue weighted by atomic mass is 16.2. The van der Waals surface area contributed by atoms with Crippen molar-refractivity contribution in [2.24, 2.45) is 5.73 Å². The molecule has 1 aliphatic rings. The zero-order valence-corrected chi connectivity index (χ0v) is 9.83. The van der Waals surface area contributed by atoms with E-state index in [9.17, 15) is 4.79 Å². The van der Waals surface area contributed by atoms with Gasteiger partial charge in [-0.15, -0.1) is 0 Å². The molecule has 0 aromatic heterocycles. The lowest BCUT2D eigenvalue weighted by Crippen LogP contribution is -2.53. The van der Waals surface area contributed by atoms with Crippen LogP contribution >= 0.6 is 0 Å². The zero-order valence-electron chi connectivity index (χ0n) is 9.83. The van der Waals surface area contributed by atoms with Gasteiger partial charge in [-0.05, 0) is 33.2 Å². The summed E-state index contributed by atoms with van der Waals surface area (Å²) in [4.78, 5) is 14.0. The lowest BCUT2D eigenvalue weighted by atomic mass is 10.00. The van der Waals surface area contributed by atoms with E-state index < -0.39 is 0 Å². The normalized spacial score (nSPS) is 24.9. The summed E-state index contributed by atoms with van der Waals surface area (Å²) in [5.41, 5.74) is 5.73. The highest BCUT2D eigenvalue weighted by Gasteiger charge is 2.28. The van der Waals surface area contributed by atoms with E-state index in [1.54, 1.807) is 0 Å². The fourth-order valence-electron chi connectivity index (χ4n) is 2.26. The van der Waals surface area contributed by atoms with Crippen LogP contribution in [-0.4, -0.2) is 42.5 Å². The van der Waals surface area contributed by atoms with Crippen LogP contribution in [0.3, 0.4) is 0 Å². The SMILES string of the molecule is CCNC(=O)C(C)N1CCCCC1CN. The fourth-order valence-corrected chi connectivity index (χ4v) is 2.26. The number of likely N-dealkylation sites (tertiary alicyclic amines) is 1. The van der Waals surface area contributed by atoms with Gasteiger partial charge in [0, 0.05) is 19.1 Å². The number of nitrogens with zero attached hydrogens (tertiary/aromatic N) is 1. The predicted octanol–water partition coefficient (Wildman–Crippen LogP) is 0.324. The summed E-state index contributed by atoms with van der Waals surface area (Å²) in [5.74, 6) is 0.123. The molecule has 88 valence electrons. The Labute approximate surface area is 92.2 Å². The van der Waals surface area contributed by atoms with Crippen molar-refractivity contribution >= 4 is 5.91 Å². The summed E-state index contributed by atoms with van der Waals surface area (Å²) in [6, 6.07) is 0.343. The van der Waals surface area contributed by atoms with E-state index in [1.165, 1.54) is 12.8 Å². The number of piperidine rings is 1. The number of nitrogens with two attached hydrogens (primary N) is 1. The number of nitrogens with one attached hydrogen (secondary N) is 1. The van der Waals surface area contributed by atoms with Crippen LogP contribution in [0.4, 0.5) is 0 Å². The van der Waals surface area contributed by atoms with Gasteiger partial charge in [0.05, 0.1) is 6.04 Å². The molecule has 0 saturated carbocycles. The van der Waals surface area contributed by atoms with E-state index in [-0.39, 0.29) is 11.9 Å². The van der Waals surface area contributed by atoms with Crippen LogP contribution in [0.2, 0.25) is 0 Å². The fraction of sp³-hybridized carbons (Fsp3) is 0.909. The number of carbonyl (C=O) groups is 1. The first-order valence-corrected chi connectivity index (χ1v) is 5.94. The summed E-state index contributed by atoms with van der Waals surface area (Å²) in [6.07, 6.45) is 3.54. The highest BCUT2D eigenvalue weighted by molar-refractivity contribution is 5.81. The number of rotatable bonds is 4. The second-order valence-electron chi connectivity index (χ2n) is 4.19. The third-order valence-corrected chi connectivity index (χ3v) is 3.17. The van der Waals surface area contributed by atoms with Crippen molar-refractivity contribution in [2.45, 2.75) is 45.2 Å². The molecule has 4 nitrogen and oxygen atoms in total. The third-order valence-electron chi connectivity index (χ3n) is 3.17. The van der Waals surface area contributed by atoms with E-state index in [1.807, 2.05) is 13.8 Å². The smallest absolute Gasteiger partial charge is 0.237 e. The van der Waals surface area contributed by atoms with E-state index in [2.05, 4.69) is 10.2 Å². The van der Waals surface area contributed by atoms with Crippen molar-refractivity contribution in [3.8, 4) is 0 Å². The van der Waals surface area contributed by atoms with Gasteiger partial charge in [-0.2, -0.15) is 0 Å². The summed E-state index contributed by atoms with van der Waals surface area (Å²) >= 11 is 0. The first kappa shape index (κ1) is 12.5. The topological polar surface area (TPSA) is 58.4 Å². The Bertz CT molecular complexity index is 208. The minimum atomic E-state index is -0.0428. The maximum atomic E-state index is 11.7. The molecule has 0 aromatic rings. The van der Waals surface area contributed by atoms with Gasteiger partial charge in [-0.1, -0.05) is 6.42 Å². The van der Waals surface area contributed by atoms with Crippen LogP contribution in [0, 0.1) is 0 Å². The lowest BCUT2D eigenvalue weighted by molar-refractivity contribution is -0.127. The quantitative estimate of drug-likeness (QED) is 0.707. The molecule has 0 aromatic carbocycles. The number of hydrogen-bond acceptors (Lipinski definition) is 3. The minimum absolute atomic E-state index is 0.0428. The molecule has 0 radical (unpaired) electrons.